The van der Waals surface area contributed by atoms with Gasteiger partial charge in [0.15, 0.2) is 9.84 Å². The molecular formula is C22H21BrN2O4S. The molecule has 0 saturated carbocycles. The highest BCUT2D eigenvalue weighted by atomic mass is 79.9. The summed E-state index contributed by atoms with van der Waals surface area (Å²) in [6.07, 6.45) is 2.56. The summed E-state index contributed by atoms with van der Waals surface area (Å²) in [5, 5.41) is 2.56. The zero-order valence-electron chi connectivity index (χ0n) is 16.1. The van der Waals surface area contributed by atoms with Crippen LogP contribution in [0.2, 0.25) is 0 Å². The van der Waals surface area contributed by atoms with E-state index in [2.05, 4.69) is 26.2 Å². The number of halogens is 1. The fourth-order valence-corrected chi connectivity index (χ4v) is 4.35. The first-order valence-electron chi connectivity index (χ1n) is 9.33. The van der Waals surface area contributed by atoms with Crippen molar-refractivity contribution in [2.24, 2.45) is 0 Å². The van der Waals surface area contributed by atoms with Crippen molar-refractivity contribution in [1.82, 2.24) is 4.98 Å². The molecule has 2 aromatic carbocycles. The van der Waals surface area contributed by atoms with E-state index < -0.39 is 21.5 Å². The van der Waals surface area contributed by atoms with Gasteiger partial charge in [-0.25, -0.2) is 13.4 Å². The van der Waals surface area contributed by atoms with E-state index in [1.807, 2.05) is 42.5 Å². The van der Waals surface area contributed by atoms with Crippen molar-refractivity contribution < 1.29 is 17.9 Å². The third-order valence-corrected chi connectivity index (χ3v) is 6.26. The lowest BCUT2D eigenvalue weighted by Crippen LogP contribution is -2.25. The van der Waals surface area contributed by atoms with Gasteiger partial charge in [0.05, 0.1) is 17.6 Å². The quantitative estimate of drug-likeness (QED) is 0.474. The Bertz CT molecular complexity index is 1090. The molecule has 0 unspecified atom stereocenters. The summed E-state index contributed by atoms with van der Waals surface area (Å²) < 4.78 is 30.9. The monoisotopic (exact) mass is 488 g/mol. The number of aryl methyl sites for hydroxylation is 1. The summed E-state index contributed by atoms with van der Waals surface area (Å²) in [5.74, 6) is -0.197. The van der Waals surface area contributed by atoms with Gasteiger partial charge >= 0.3 is 0 Å². The van der Waals surface area contributed by atoms with Gasteiger partial charge in [-0.3, -0.25) is 4.79 Å². The molecule has 0 saturated heterocycles. The fraction of sp³-hybridized carbons (Fsp3) is 0.182. The third-order valence-electron chi connectivity index (χ3n) is 4.15. The second kappa shape index (κ2) is 10.4. The van der Waals surface area contributed by atoms with Gasteiger partial charge in [-0.1, -0.05) is 52.3 Å². The molecule has 0 fully saturated rings. The van der Waals surface area contributed by atoms with Gasteiger partial charge in [-0.2, -0.15) is 0 Å². The minimum Gasteiger partial charge on any atom is -0.439 e. The highest BCUT2D eigenvalue weighted by Gasteiger charge is 2.17. The highest BCUT2D eigenvalue weighted by Crippen LogP contribution is 2.23. The van der Waals surface area contributed by atoms with Gasteiger partial charge < -0.3 is 10.1 Å². The van der Waals surface area contributed by atoms with Gasteiger partial charge in [-0.05, 0) is 42.7 Å². The Balaban J connectivity index is 1.47. The molecule has 1 aromatic heterocycles. The van der Waals surface area contributed by atoms with Crippen molar-refractivity contribution in [2.45, 2.75) is 12.8 Å². The number of pyridine rings is 1. The topological polar surface area (TPSA) is 85.4 Å². The molecule has 6 nitrogen and oxygen atoms in total. The Hall–Kier alpha value is -2.71. The average Bonchev–Trinajstić information content (AvgIpc) is 2.70. The predicted molar refractivity (Wildman–Crippen MR) is 120 cm³/mol. The molecule has 0 radical (unpaired) electrons. The van der Waals surface area contributed by atoms with E-state index in [0.29, 0.717) is 30.2 Å². The first-order valence-corrected chi connectivity index (χ1v) is 11.9. The molecule has 0 aliphatic heterocycles. The number of benzene rings is 2. The molecule has 0 bridgehead atoms. The van der Waals surface area contributed by atoms with Crippen molar-refractivity contribution >= 4 is 37.4 Å². The maximum atomic E-state index is 12.2. The number of nitrogens with zero attached hydrogens (tertiary/aromatic N) is 1. The first-order chi connectivity index (χ1) is 14.4. The Morgan fingerprint density at radius 3 is 2.53 bits per heavy atom. The first kappa shape index (κ1) is 22.0. The van der Waals surface area contributed by atoms with Crippen LogP contribution >= 0.6 is 15.9 Å². The average molecular weight is 489 g/mol. The van der Waals surface area contributed by atoms with E-state index >= 15 is 0 Å². The molecule has 0 aliphatic rings. The van der Waals surface area contributed by atoms with Gasteiger partial charge in [0.1, 0.15) is 11.5 Å². The number of ether oxygens (including phenoxy) is 1. The molecule has 0 aliphatic carbocycles. The minimum absolute atomic E-state index is 0.0347. The lowest BCUT2D eigenvalue weighted by atomic mass is 10.1. The van der Waals surface area contributed by atoms with Crippen molar-refractivity contribution in [3.8, 4) is 11.6 Å². The van der Waals surface area contributed by atoms with E-state index in [9.17, 15) is 13.2 Å². The summed E-state index contributed by atoms with van der Waals surface area (Å²) in [6, 6.07) is 20.2. The van der Waals surface area contributed by atoms with Crippen molar-refractivity contribution in [1.29, 1.82) is 0 Å². The molecule has 8 heteroatoms. The van der Waals surface area contributed by atoms with Crippen LogP contribution in [0.25, 0.3) is 0 Å². The van der Waals surface area contributed by atoms with E-state index in [4.69, 9.17) is 4.74 Å². The van der Waals surface area contributed by atoms with E-state index in [1.165, 1.54) is 6.20 Å². The zero-order valence-corrected chi connectivity index (χ0v) is 18.5. The minimum atomic E-state index is -3.49. The number of carbonyl (C=O) groups is 1. The normalized spacial score (nSPS) is 11.1. The molecule has 0 atom stereocenters. The lowest BCUT2D eigenvalue weighted by Gasteiger charge is -2.08. The second-order valence-corrected chi connectivity index (χ2v) is 9.77. The maximum Gasteiger partial charge on any atom is 0.239 e. The van der Waals surface area contributed by atoms with Gasteiger partial charge in [0.2, 0.25) is 11.8 Å². The summed E-state index contributed by atoms with van der Waals surface area (Å²) >= 11 is 3.37. The van der Waals surface area contributed by atoms with Crippen LogP contribution in [0.1, 0.15) is 12.0 Å². The Morgan fingerprint density at radius 2 is 1.83 bits per heavy atom. The number of sulfone groups is 1. The number of hydrogen-bond donors (Lipinski definition) is 1. The number of anilines is 1. The van der Waals surface area contributed by atoms with Crippen LogP contribution in [0.5, 0.6) is 11.6 Å². The molecule has 30 heavy (non-hydrogen) atoms. The number of rotatable bonds is 9. The predicted octanol–water partition coefficient (Wildman–Crippen LogP) is 4.62. The van der Waals surface area contributed by atoms with Crippen LogP contribution in [0.3, 0.4) is 0 Å². The van der Waals surface area contributed by atoms with Crippen LogP contribution < -0.4 is 10.1 Å². The maximum absolute atomic E-state index is 12.2. The highest BCUT2D eigenvalue weighted by molar-refractivity contribution is 9.10. The van der Waals surface area contributed by atoms with Crippen molar-refractivity contribution in [3.05, 3.63) is 83.0 Å². The molecule has 3 aromatic rings. The van der Waals surface area contributed by atoms with Gasteiger partial charge in [-0.15, -0.1) is 0 Å². The fourth-order valence-electron chi connectivity index (χ4n) is 2.78. The van der Waals surface area contributed by atoms with Crippen LogP contribution in [0.15, 0.2) is 77.4 Å². The smallest absolute Gasteiger partial charge is 0.239 e. The largest absolute Gasteiger partial charge is 0.439 e. The summed E-state index contributed by atoms with van der Waals surface area (Å²) in [4.78, 5) is 16.3. The standard InChI is InChI=1S/C22H21BrN2O4S/c23-18-9-4-10-20(14-18)29-22-12-11-19(15-24-22)25-21(26)16-30(27,28)13-5-8-17-6-2-1-3-7-17/h1-4,6-7,9-12,14-15H,5,8,13,16H2,(H,25,26). The van der Waals surface area contributed by atoms with E-state index in [-0.39, 0.29) is 5.75 Å². The Morgan fingerprint density at radius 1 is 1.03 bits per heavy atom. The molecule has 156 valence electrons. The lowest BCUT2D eigenvalue weighted by molar-refractivity contribution is -0.113. The van der Waals surface area contributed by atoms with Gasteiger partial charge in [0.25, 0.3) is 0 Å². The SMILES string of the molecule is O=C(CS(=O)(=O)CCCc1ccccc1)Nc1ccc(Oc2cccc(Br)c2)nc1. The van der Waals surface area contributed by atoms with Crippen LogP contribution in [0, 0.1) is 0 Å². The summed E-state index contributed by atoms with van der Waals surface area (Å²) in [6.45, 7) is 0. The van der Waals surface area contributed by atoms with E-state index in [1.54, 1.807) is 24.3 Å². The Kier molecular flexibility index (Phi) is 7.59. The summed E-state index contributed by atoms with van der Waals surface area (Å²) in [5.41, 5.74) is 1.48. The second-order valence-electron chi connectivity index (χ2n) is 6.67. The zero-order chi connectivity index (χ0) is 21.4. The number of hydrogen-bond acceptors (Lipinski definition) is 5. The molecule has 3 rings (SSSR count). The van der Waals surface area contributed by atoms with Crippen molar-refractivity contribution in [3.63, 3.8) is 0 Å². The van der Waals surface area contributed by atoms with E-state index in [0.717, 1.165) is 10.0 Å². The Labute approximate surface area is 184 Å². The molecule has 1 N–H and O–H groups in total. The molecular weight excluding hydrogens is 468 g/mol. The van der Waals surface area contributed by atoms with Gasteiger partial charge in [0, 0.05) is 10.5 Å². The third kappa shape index (κ3) is 7.27. The number of carbonyl (C=O) groups excluding carboxylic acids is 1. The number of amides is 1. The summed E-state index contributed by atoms with van der Waals surface area (Å²) in [7, 11) is -3.49. The number of aromatic nitrogens is 1. The van der Waals surface area contributed by atoms with Crippen LogP contribution in [0.4, 0.5) is 5.69 Å². The molecule has 1 amide bonds. The molecule has 1 heterocycles. The van der Waals surface area contributed by atoms with Crippen LogP contribution in [-0.4, -0.2) is 30.8 Å². The van der Waals surface area contributed by atoms with Crippen molar-refractivity contribution in [2.75, 3.05) is 16.8 Å². The molecule has 0 spiro atoms. The number of nitrogens with one attached hydrogen (secondary N) is 1. The van der Waals surface area contributed by atoms with Crippen LogP contribution in [-0.2, 0) is 21.1 Å².